The number of amides is 1. The lowest BCUT2D eigenvalue weighted by Crippen LogP contribution is -2.45. The van der Waals surface area contributed by atoms with Crippen LogP contribution >= 0.6 is 0 Å². The Bertz CT molecular complexity index is 181. The third-order valence-corrected chi connectivity index (χ3v) is 2.84. The van der Waals surface area contributed by atoms with Crippen LogP contribution in [0, 0.1) is 0 Å². The molecule has 0 radical (unpaired) electrons. The molecule has 1 atom stereocenters. The number of hydrogen-bond donors (Lipinski definition) is 1. The summed E-state index contributed by atoms with van der Waals surface area (Å²) in [5.74, 6) is 0.352. The van der Waals surface area contributed by atoms with E-state index in [2.05, 4.69) is 10.2 Å². The molecule has 0 bridgehead atoms. The first kappa shape index (κ1) is 8.05. The van der Waals surface area contributed by atoms with Crippen molar-refractivity contribution in [2.24, 2.45) is 0 Å². The minimum Gasteiger partial charge on any atom is -0.338 e. The zero-order valence-electron chi connectivity index (χ0n) is 7.38. The molecule has 2 aliphatic heterocycles. The highest BCUT2D eigenvalue weighted by atomic mass is 16.2. The van der Waals surface area contributed by atoms with E-state index in [0.29, 0.717) is 18.4 Å². The van der Waals surface area contributed by atoms with Crippen molar-refractivity contribution in [3.8, 4) is 0 Å². The molecule has 3 nitrogen and oxygen atoms in total. The molecule has 0 saturated carbocycles. The first-order chi connectivity index (χ1) is 5.88. The van der Waals surface area contributed by atoms with Crippen LogP contribution in [0.5, 0.6) is 0 Å². The number of fused-ring (bicyclic) bond motifs is 1. The van der Waals surface area contributed by atoms with Crippen molar-refractivity contribution in [3.63, 3.8) is 0 Å². The molecule has 0 aliphatic carbocycles. The van der Waals surface area contributed by atoms with Crippen molar-refractivity contribution >= 4 is 5.91 Å². The molecule has 12 heavy (non-hydrogen) atoms. The zero-order valence-corrected chi connectivity index (χ0v) is 7.38. The Kier molecular flexibility index (Phi) is 2.30. The second-order valence-corrected chi connectivity index (χ2v) is 3.69. The highest BCUT2D eigenvalue weighted by Crippen LogP contribution is 2.18. The maximum absolute atomic E-state index is 11.5. The molecule has 0 spiro atoms. The van der Waals surface area contributed by atoms with Gasteiger partial charge in [-0.05, 0) is 19.3 Å². The summed E-state index contributed by atoms with van der Waals surface area (Å²) in [5.41, 5.74) is 0. The largest absolute Gasteiger partial charge is 0.338 e. The normalized spacial score (nSPS) is 31.2. The lowest BCUT2D eigenvalue weighted by molar-refractivity contribution is -0.133. The van der Waals surface area contributed by atoms with Crippen molar-refractivity contribution in [2.45, 2.75) is 31.7 Å². The number of nitrogens with zero attached hydrogens (tertiary/aromatic N) is 1. The van der Waals surface area contributed by atoms with Crippen molar-refractivity contribution < 1.29 is 4.79 Å². The number of carbonyl (C=O) groups excluding carboxylic acids is 1. The van der Waals surface area contributed by atoms with Gasteiger partial charge >= 0.3 is 0 Å². The molecule has 0 aromatic carbocycles. The second kappa shape index (κ2) is 3.44. The fourth-order valence-electron chi connectivity index (χ4n) is 2.15. The van der Waals surface area contributed by atoms with Crippen molar-refractivity contribution in [3.05, 3.63) is 0 Å². The molecule has 2 rings (SSSR count). The average Bonchev–Trinajstić information content (AvgIpc) is 2.29. The van der Waals surface area contributed by atoms with Crippen LogP contribution in [0.3, 0.4) is 0 Å². The summed E-state index contributed by atoms with van der Waals surface area (Å²) < 4.78 is 0. The van der Waals surface area contributed by atoms with Gasteiger partial charge in [0.2, 0.25) is 5.91 Å². The van der Waals surface area contributed by atoms with E-state index < -0.39 is 0 Å². The molecule has 1 N–H and O–H groups in total. The minimum absolute atomic E-state index is 0.352. The molecular weight excluding hydrogens is 152 g/mol. The molecule has 0 unspecified atom stereocenters. The number of carbonyl (C=O) groups is 1. The number of hydrogen-bond acceptors (Lipinski definition) is 2. The lowest BCUT2D eigenvalue weighted by atomic mass is 10.0. The van der Waals surface area contributed by atoms with E-state index in [1.165, 1.54) is 19.3 Å². The monoisotopic (exact) mass is 168 g/mol. The molecule has 2 aliphatic rings. The van der Waals surface area contributed by atoms with E-state index in [1.54, 1.807) is 0 Å². The summed E-state index contributed by atoms with van der Waals surface area (Å²) >= 11 is 0. The molecule has 3 heteroatoms. The van der Waals surface area contributed by atoms with Gasteiger partial charge in [-0.15, -0.1) is 0 Å². The van der Waals surface area contributed by atoms with Gasteiger partial charge in [0.05, 0.1) is 0 Å². The van der Waals surface area contributed by atoms with E-state index in [-0.39, 0.29) is 0 Å². The maximum atomic E-state index is 11.5. The molecule has 0 aromatic rings. The maximum Gasteiger partial charge on any atom is 0.224 e. The fourth-order valence-corrected chi connectivity index (χ4v) is 2.15. The molecule has 0 aromatic heterocycles. The smallest absolute Gasteiger partial charge is 0.224 e. The van der Waals surface area contributed by atoms with Crippen LogP contribution in [-0.2, 0) is 4.79 Å². The van der Waals surface area contributed by atoms with Gasteiger partial charge < -0.3 is 10.2 Å². The summed E-state index contributed by atoms with van der Waals surface area (Å²) in [4.78, 5) is 13.6. The highest BCUT2D eigenvalue weighted by Gasteiger charge is 2.27. The van der Waals surface area contributed by atoms with Crippen molar-refractivity contribution in [1.82, 2.24) is 10.2 Å². The summed E-state index contributed by atoms with van der Waals surface area (Å²) in [6.07, 6.45) is 4.37. The van der Waals surface area contributed by atoms with Crippen LogP contribution in [0.1, 0.15) is 25.7 Å². The Morgan fingerprint density at radius 1 is 1.42 bits per heavy atom. The van der Waals surface area contributed by atoms with Crippen molar-refractivity contribution in [2.75, 3.05) is 19.6 Å². The fraction of sp³-hybridized carbons (Fsp3) is 0.889. The van der Waals surface area contributed by atoms with Crippen LogP contribution in [0.25, 0.3) is 0 Å². The predicted octanol–water partition coefficient (Wildman–Crippen LogP) is 0.361. The quantitative estimate of drug-likeness (QED) is 0.566. The number of piperidine rings is 1. The summed E-state index contributed by atoms with van der Waals surface area (Å²) in [6.45, 7) is 2.86. The Balaban J connectivity index is 2.06. The Morgan fingerprint density at radius 3 is 3.25 bits per heavy atom. The SMILES string of the molecule is O=C1CCNC[C@H]2CCCCN12. The van der Waals surface area contributed by atoms with Crippen LogP contribution in [0.15, 0.2) is 0 Å². The zero-order chi connectivity index (χ0) is 8.39. The van der Waals surface area contributed by atoms with E-state index >= 15 is 0 Å². The third-order valence-electron chi connectivity index (χ3n) is 2.84. The van der Waals surface area contributed by atoms with Gasteiger partial charge in [0, 0.05) is 32.1 Å². The van der Waals surface area contributed by atoms with Crippen LogP contribution in [0.2, 0.25) is 0 Å². The van der Waals surface area contributed by atoms with Gasteiger partial charge in [-0.1, -0.05) is 0 Å². The van der Waals surface area contributed by atoms with E-state index in [9.17, 15) is 4.79 Å². The van der Waals surface area contributed by atoms with E-state index in [0.717, 1.165) is 19.6 Å². The van der Waals surface area contributed by atoms with Gasteiger partial charge in [0.25, 0.3) is 0 Å². The van der Waals surface area contributed by atoms with Crippen molar-refractivity contribution in [1.29, 1.82) is 0 Å². The van der Waals surface area contributed by atoms with Gasteiger partial charge in [-0.25, -0.2) is 0 Å². The Hall–Kier alpha value is -0.570. The second-order valence-electron chi connectivity index (χ2n) is 3.69. The number of nitrogens with one attached hydrogen (secondary N) is 1. The minimum atomic E-state index is 0.352. The standard InChI is InChI=1S/C9H16N2O/c12-9-4-5-10-7-8-3-1-2-6-11(8)9/h8,10H,1-7H2/t8-/m1/s1. The number of rotatable bonds is 0. The van der Waals surface area contributed by atoms with E-state index in [1.807, 2.05) is 0 Å². The molecule has 2 heterocycles. The molecule has 68 valence electrons. The molecule has 2 fully saturated rings. The van der Waals surface area contributed by atoms with Gasteiger partial charge in [0.15, 0.2) is 0 Å². The Labute approximate surface area is 73.1 Å². The van der Waals surface area contributed by atoms with Crippen LogP contribution in [0.4, 0.5) is 0 Å². The molecule has 1 amide bonds. The average molecular weight is 168 g/mol. The van der Waals surface area contributed by atoms with Crippen LogP contribution < -0.4 is 5.32 Å². The topological polar surface area (TPSA) is 32.3 Å². The summed E-state index contributed by atoms with van der Waals surface area (Å²) in [6, 6.07) is 0.494. The van der Waals surface area contributed by atoms with Gasteiger partial charge in [0.1, 0.15) is 0 Å². The highest BCUT2D eigenvalue weighted by molar-refractivity contribution is 5.77. The Morgan fingerprint density at radius 2 is 2.33 bits per heavy atom. The van der Waals surface area contributed by atoms with Crippen LogP contribution in [-0.4, -0.2) is 36.5 Å². The predicted molar refractivity (Wildman–Crippen MR) is 46.8 cm³/mol. The first-order valence-corrected chi connectivity index (χ1v) is 4.88. The first-order valence-electron chi connectivity index (χ1n) is 4.88. The molecular formula is C9H16N2O. The van der Waals surface area contributed by atoms with Gasteiger partial charge in [-0.3, -0.25) is 4.79 Å². The third kappa shape index (κ3) is 1.46. The van der Waals surface area contributed by atoms with E-state index in [4.69, 9.17) is 0 Å². The van der Waals surface area contributed by atoms with Gasteiger partial charge in [-0.2, -0.15) is 0 Å². The summed E-state index contributed by atoms with van der Waals surface area (Å²) in [5, 5.41) is 3.31. The lowest BCUT2D eigenvalue weighted by Gasteiger charge is -2.34. The molecule has 2 saturated heterocycles. The summed E-state index contributed by atoms with van der Waals surface area (Å²) in [7, 11) is 0.